The second-order valence-electron chi connectivity index (χ2n) is 5.44. The van der Waals surface area contributed by atoms with Crippen LogP contribution < -0.4 is 5.32 Å². The van der Waals surface area contributed by atoms with Crippen LogP contribution in [0.4, 0.5) is 0 Å². The summed E-state index contributed by atoms with van der Waals surface area (Å²) < 4.78 is 7.11. The zero-order valence-electron chi connectivity index (χ0n) is 13.8. The standard InChI is InChI=1S/C17H17ClN4O2S/c1-11(14-8-5-9-24-14)19-15(23)10-25-17-21-20-16(22(17)2)12-6-3-4-7-13(12)18/h3-9,11H,10H2,1-2H3,(H,19,23). The number of benzene rings is 1. The highest BCUT2D eigenvalue weighted by Gasteiger charge is 2.16. The largest absolute Gasteiger partial charge is 0.467 e. The number of hydrogen-bond acceptors (Lipinski definition) is 5. The van der Waals surface area contributed by atoms with E-state index in [1.54, 1.807) is 12.3 Å². The van der Waals surface area contributed by atoms with Crippen LogP contribution in [0.2, 0.25) is 5.02 Å². The summed E-state index contributed by atoms with van der Waals surface area (Å²) in [5.74, 6) is 1.52. The lowest BCUT2D eigenvalue weighted by Crippen LogP contribution is -2.28. The summed E-state index contributed by atoms with van der Waals surface area (Å²) >= 11 is 7.53. The predicted molar refractivity (Wildman–Crippen MR) is 97.4 cm³/mol. The summed E-state index contributed by atoms with van der Waals surface area (Å²) in [4.78, 5) is 12.1. The number of nitrogens with zero attached hydrogens (tertiary/aromatic N) is 3. The predicted octanol–water partition coefficient (Wildman–Crippen LogP) is 3.70. The zero-order chi connectivity index (χ0) is 17.8. The summed E-state index contributed by atoms with van der Waals surface area (Å²) in [6, 6.07) is 10.9. The fourth-order valence-corrected chi connectivity index (χ4v) is 3.28. The molecular formula is C17H17ClN4O2S. The van der Waals surface area contributed by atoms with Gasteiger partial charge in [-0.2, -0.15) is 0 Å². The number of nitrogens with one attached hydrogen (secondary N) is 1. The monoisotopic (exact) mass is 376 g/mol. The molecular weight excluding hydrogens is 360 g/mol. The average Bonchev–Trinajstić information content (AvgIpc) is 3.24. The minimum absolute atomic E-state index is 0.101. The van der Waals surface area contributed by atoms with Crippen molar-refractivity contribution in [3.05, 3.63) is 53.4 Å². The molecule has 130 valence electrons. The maximum Gasteiger partial charge on any atom is 0.231 e. The van der Waals surface area contributed by atoms with Gasteiger partial charge in [-0.05, 0) is 31.2 Å². The minimum atomic E-state index is -0.179. The normalized spacial score (nSPS) is 12.1. The first-order chi connectivity index (χ1) is 12.1. The van der Waals surface area contributed by atoms with Crippen LogP contribution >= 0.6 is 23.4 Å². The Kier molecular flexibility index (Phi) is 5.45. The lowest BCUT2D eigenvalue weighted by Gasteiger charge is -2.11. The van der Waals surface area contributed by atoms with Crippen molar-refractivity contribution in [2.24, 2.45) is 7.05 Å². The second-order valence-corrected chi connectivity index (χ2v) is 6.79. The molecule has 3 rings (SSSR count). The van der Waals surface area contributed by atoms with E-state index in [4.69, 9.17) is 16.0 Å². The summed E-state index contributed by atoms with van der Waals surface area (Å²) in [7, 11) is 1.85. The topological polar surface area (TPSA) is 73.0 Å². The van der Waals surface area contributed by atoms with E-state index in [9.17, 15) is 4.79 Å². The molecule has 0 aliphatic rings. The number of hydrogen-bond donors (Lipinski definition) is 1. The molecule has 1 amide bonds. The van der Waals surface area contributed by atoms with Crippen LogP contribution in [0, 0.1) is 0 Å². The van der Waals surface area contributed by atoms with E-state index in [1.165, 1.54) is 11.8 Å². The van der Waals surface area contributed by atoms with Gasteiger partial charge >= 0.3 is 0 Å². The van der Waals surface area contributed by atoms with Crippen LogP contribution in [0.1, 0.15) is 18.7 Å². The van der Waals surface area contributed by atoms with Gasteiger partial charge in [0.25, 0.3) is 0 Å². The third-order valence-corrected chi connectivity index (χ3v) is 4.98. The third-order valence-electron chi connectivity index (χ3n) is 3.63. The number of carbonyl (C=O) groups is 1. The van der Waals surface area contributed by atoms with Crippen molar-refractivity contribution >= 4 is 29.3 Å². The van der Waals surface area contributed by atoms with Gasteiger partial charge in [0.1, 0.15) is 5.76 Å². The van der Waals surface area contributed by atoms with Crippen LogP contribution in [-0.2, 0) is 11.8 Å². The molecule has 2 aromatic heterocycles. The highest BCUT2D eigenvalue weighted by molar-refractivity contribution is 7.99. The van der Waals surface area contributed by atoms with Crippen molar-refractivity contribution in [2.45, 2.75) is 18.1 Å². The van der Waals surface area contributed by atoms with E-state index in [0.29, 0.717) is 16.0 Å². The van der Waals surface area contributed by atoms with Crippen LogP contribution in [0.3, 0.4) is 0 Å². The van der Waals surface area contributed by atoms with Gasteiger partial charge in [-0.1, -0.05) is 35.5 Å². The molecule has 1 unspecified atom stereocenters. The van der Waals surface area contributed by atoms with E-state index < -0.39 is 0 Å². The molecule has 25 heavy (non-hydrogen) atoms. The number of thioether (sulfide) groups is 1. The molecule has 0 fully saturated rings. The first kappa shape index (κ1) is 17.6. The Balaban J connectivity index is 1.62. The molecule has 1 aromatic carbocycles. The number of aromatic nitrogens is 3. The Bertz CT molecular complexity index is 863. The molecule has 0 aliphatic carbocycles. The van der Waals surface area contributed by atoms with Crippen molar-refractivity contribution in [2.75, 3.05) is 5.75 Å². The van der Waals surface area contributed by atoms with Gasteiger partial charge in [0.05, 0.1) is 23.1 Å². The molecule has 1 N–H and O–H groups in total. The number of amides is 1. The highest BCUT2D eigenvalue weighted by atomic mass is 35.5. The molecule has 0 spiro atoms. The van der Waals surface area contributed by atoms with Crippen molar-refractivity contribution in [3.8, 4) is 11.4 Å². The first-order valence-electron chi connectivity index (χ1n) is 7.66. The molecule has 2 heterocycles. The fourth-order valence-electron chi connectivity index (χ4n) is 2.34. The molecule has 3 aromatic rings. The van der Waals surface area contributed by atoms with Crippen LogP contribution in [-0.4, -0.2) is 26.4 Å². The molecule has 0 saturated carbocycles. The first-order valence-corrected chi connectivity index (χ1v) is 9.02. The molecule has 8 heteroatoms. The van der Waals surface area contributed by atoms with Gasteiger partial charge < -0.3 is 14.3 Å². The second kappa shape index (κ2) is 7.76. The molecule has 0 aliphatic heterocycles. The molecule has 0 bridgehead atoms. The Morgan fingerprint density at radius 3 is 2.84 bits per heavy atom. The maximum absolute atomic E-state index is 12.1. The zero-order valence-corrected chi connectivity index (χ0v) is 15.3. The lowest BCUT2D eigenvalue weighted by molar-refractivity contribution is -0.119. The van der Waals surface area contributed by atoms with Crippen molar-refractivity contribution in [1.29, 1.82) is 0 Å². The van der Waals surface area contributed by atoms with Gasteiger partial charge in [-0.15, -0.1) is 10.2 Å². The fraction of sp³-hybridized carbons (Fsp3) is 0.235. The summed E-state index contributed by atoms with van der Waals surface area (Å²) in [6.07, 6.45) is 1.59. The lowest BCUT2D eigenvalue weighted by atomic mass is 10.2. The molecule has 6 nitrogen and oxygen atoms in total. The Hall–Kier alpha value is -2.25. The van der Waals surface area contributed by atoms with Crippen molar-refractivity contribution in [3.63, 3.8) is 0 Å². The molecule has 0 radical (unpaired) electrons. The van der Waals surface area contributed by atoms with Gasteiger partial charge in [0, 0.05) is 12.6 Å². The van der Waals surface area contributed by atoms with E-state index >= 15 is 0 Å². The SMILES string of the molecule is CC(NC(=O)CSc1nnc(-c2ccccc2Cl)n1C)c1ccco1. The Morgan fingerprint density at radius 2 is 2.12 bits per heavy atom. The van der Waals surface area contributed by atoms with Crippen molar-refractivity contribution < 1.29 is 9.21 Å². The van der Waals surface area contributed by atoms with Gasteiger partial charge in [0.2, 0.25) is 5.91 Å². The smallest absolute Gasteiger partial charge is 0.231 e. The summed E-state index contributed by atoms with van der Waals surface area (Å²) in [6.45, 7) is 1.87. The number of furan rings is 1. The Morgan fingerprint density at radius 1 is 1.32 bits per heavy atom. The van der Waals surface area contributed by atoms with Gasteiger partial charge in [-0.3, -0.25) is 4.79 Å². The maximum atomic E-state index is 12.1. The van der Waals surface area contributed by atoms with E-state index in [1.807, 2.05) is 48.9 Å². The highest BCUT2D eigenvalue weighted by Crippen LogP contribution is 2.28. The van der Waals surface area contributed by atoms with Gasteiger partial charge in [-0.25, -0.2) is 0 Å². The van der Waals surface area contributed by atoms with E-state index in [-0.39, 0.29) is 17.7 Å². The van der Waals surface area contributed by atoms with Gasteiger partial charge in [0.15, 0.2) is 11.0 Å². The van der Waals surface area contributed by atoms with Crippen LogP contribution in [0.5, 0.6) is 0 Å². The average molecular weight is 377 g/mol. The summed E-state index contributed by atoms with van der Waals surface area (Å²) in [5.41, 5.74) is 0.807. The minimum Gasteiger partial charge on any atom is -0.467 e. The Labute approximate surface area is 154 Å². The quantitative estimate of drug-likeness (QED) is 0.664. The molecule has 0 saturated heterocycles. The summed E-state index contributed by atoms with van der Waals surface area (Å²) in [5, 5.41) is 12.5. The third kappa shape index (κ3) is 4.05. The van der Waals surface area contributed by atoms with Crippen molar-refractivity contribution in [1.82, 2.24) is 20.1 Å². The molecule has 1 atom stereocenters. The van der Waals surface area contributed by atoms with E-state index in [2.05, 4.69) is 15.5 Å². The van der Waals surface area contributed by atoms with E-state index in [0.717, 1.165) is 11.3 Å². The number of halogens is 1. The number of rotatable bonds is 6. The van der Waals surface area contributed by atoms with Crippen LogP contribution in [0.25, 0.3) is 11.4 Å². The van der Waals surface area contributed by atoms with Crippen LogP contribution in [0.15, 0.2) is 52.2 Å². The number of carbonyl (C=O) groups excluding carboxylic acids is 1.